The Morgan fingerprint density at radius 1 is 0.935 bits per heavy atom. The maximum Gasteiger partial charge on any atom is 0.322 e. The second kappa shape index (κ2) is 8.91. The Hall–Kier alpha value is -3.16. The van der Waals surface area contributed by atoms with Crippen molar-refractivity contribution in [3.8, 4) is 16.9 Å². The summed E-state index contributed by atoms with van der Waals surface area (Å²) in [6.07, 6.45) is 0.111. The Kier molecular flexibility index (Phi) is 6.06. The fraction of sp³-hybridized carbons (Fsp3) is 0.208. The summed E-state index contributed by atoms with van der Waals surface area (Å²) in [5, 5.41) is 9.32. The van der Waals surface area contributed by atoms with Crippen LogP contribution in [0.15, 0.2) is 78.9 Å². The number of ether oxygens (including phenoxy) is 1. The quantitative estimate of drug-likeness (QED) is 0.606. The van der Waals surface area contributed by atoms with Gasteiger partial charge in [-0.1, -0.05) is 66.7 Å². The summed E-state index contributed by atoms with van der Waals surface area (Å²) < 4.78 is 31.5. The zero-order valence-corrected chi connectivity index (χ0v) is 17.7. The van der Waals surface area contributed by atoms with Crippen LogP contribution in [-0.2, 0) is 28.0 Å². The van der Waals surface area contributed by atoms with Gasteiger partial charge in [0.05, 0.1) is 5.75 Å². The summed E-state index contributed by atoms with van der Waals surface area (Å²) >= 11 is 0. The number of benzene rings is 3. The summed E-state index contributed by atoms with van der Waals surface area (Å²) in [5.74, 6) is -0.510. The van der Waals surface area contributed by atoms with Crippen molar-refractivity contribution in [1.82, 2.24) is 4.31 Å². The van der Waals surface area contributed by atoms with Crippen LogP contribution >= 0.6 is 0 Å². The molecule has 1 unspecified atom stereocenters. The van der Waals surface area contributed by atoms with E-state index in [9.17, 15) is 18.3 Å². The van der Waals surface area contributed by atoms with Crippen LogP contribution in [0, 0.1) is 0 Å². The minimum atomic E-state index is -3.55. The first-order valence-corrected chi connectivity index (χ1v) is 11.6. The Morgan fingerprint density at radius 2 is 1.61 bits per heavy atom. The molecule has 4 rings (SSSR count). The molecule has 3 aromatic rings. The summed E-state index contributed by atoms with van der Waals surface area (Å²) in [4.78, 5) is 11.4. The van der Waals surface area contributed by atoms with Crippen LogP contribution in [0.4, 0.5) is 0 Å². The SMILES string of the molecule is O=C(O)C1CCS(=O)(=O)N1Cc1cccc(COc2ccc(-c3ccccc3)cc2)c1. The second-order valence-corrected chi connectivity index (χ2v) is 9.54. The predicted molar refractivity (Wildman–Crippen MR) is 118 cm³/mol. The summed E-state index contributed by atoms with van der Waals surface area (Å²) in [7, 11) is -3.55. The number of rotatable bonds is 7. The average Bonchev–Trinajstić information content (AvgIpc) is 3.08. The molecular formula is C24H23NO5S. The van der Waals surface area contributed by atoms with E-state index in [-0.39, 0.29) is 18.7 Å². The maximum absolute atomic E-state index is 12.2. The number of carboxylic acid groups (broad SMARTS) is 1. The lowest BCUT2D eigenvalue weighted by Crippen LogP contribution is -2.37. The molecule has 1 fully saturated rings. The van der Waals surface area contributed by atoms with Gasteiger partial charge in [-0.05, 0) is 40.8 Å². The average molecular weight is 438 g/mol. The van der Waals surface area contributed by atoms with Crippen LogP contribution in [0.2, 0.25) is 0 Å². The molecule has 1 aliphatic heterocycles. The number of sulfonamides is 1. The highest BCUT2D eigenvalue weighted by molar-refractivity contribution is 7.89. The van der Waals surface area contributed by atoms with Crippen LogP contribution in [0.5, 0.6) is 5.75 Å². The first-order valence-electron chi connectivity index (χ1n) is 10.0. The Labute approximate surface area is 181 Å². The standard InChI is InChI=1S/C24H23NO5S/c26-24(27)23-13-14-31(28,29)25(23)16-18-5-4-6-19(15-18)17-30-22-11-9-21(10-12-22)20-7-2-1-3-8-20/h1-12,15,23H,13-14,16-17H2,(H,26,27). The van der Waals surface area contributed by atoms with E-state index in [1.165, 1.54) is 0 Å². The highest BCUT2D eigenvalue weighted by Crippen LogP contribution is 2.25. The van der Waals surface area contributed by atoms with Crippen molar-refractivity contribution in [2.24, 2.45) is 0 Å². The van der Waals surface area contributed by atoms with Gasteiger partial charge in [0.2, 0.25) is 10.0 Å². The predicted octanol–water partition coefficient (Wildman–Crippen LogP) is 3.92. The molecule has 3 aromatic carbocycles. The van der Waals surface area contributed by atoms with Crippen molar-refractivity contribution in [3.63, 3.8) is 0 Å². The normalized spacial score (nSPS) is 18.0. The van der Waals surface area contributed by atoms with E-state index < -0.39 is 22.0 Å². The van der Waals surface area contributed by atoms with Gasteiger partial charge in [0.15, 0.2) is 0 Å². The second-order valence-electron chi connectivity index (χ2n) is 7.50. The third-order valence-electron chi connectivity index (χ3n) is 5.34. The Bertz CT molecular complexity index is 1160. The van der Waals surface area contributed by atoms with Crippen molar-refractivity contribution in [1.29, 1.82) is 0 Å². The van der Waals surface area contributed by atoms with Crippen molar-refractivity contribution < 1.29 is 23.1 Å². The van der Waals surface area contributed by atoms with Gasteiger partial charge in [-0.3, -0.25) is 4.79 Å². The number of nitrogens with zero attached hydrogens (tertiary/aromatic N) is 1. The lowest BCUT2D eigenvalue weighted by Gasteiger charge is -2.20. The molecule has 1 saturated heterocycles. The van der Waals surface area contributed by atoms with Gasteiger partial charge in [0.1, 0.15) is 18.4 Å². The molecule has 0 saturated carbocycles. The van der Waals surface area contributed by atoms with Gasteiger partial charge in [-0.2, -0.15) is 4.31 Å². The van der Waals surface area contributed by atoms with Gasteiger partial charge in [-0.25, -0.2) is 8.42 Å². The molecule has 1 aliphatic rings. The first kappa shape index (κ1) is 21.1. The molecule has 0 amide bonds. The van der Waals surface area contributed by atoms with Gasteiger partial charge in [0, 0.05) is 6.54 Å². The topological polar surface area (TPSA) is 83.9 Å². The molecule has 1 atom stereocenters. The zero-order valence-electron chi connectivity index (χ0n) is 16.8. The number of aliphatic carboxylic acids is 1. The highest BCUT2D eigenvalue weighted by Gasteiger charge is 2.41. The van der Waals surface area contributed by atoms with Gasteiger partial charge < -0.3 is 9.84 Å². The van der Waals surface area contributed by atoms with Gasteiger partial charge in [0.25, 0.3) is 0 Å². The number of hydrogen-bond donors (Lipinski definition) is 1. The van der Waals surface area contributed by atoms with E-state index in [1.807, 2.05) is 60.7 Å². The van der Waals surface area contributed by atoms with Crippen LogP contribution in [0.25, 0.3) is 11.1 Å². The number of carbonyl (C=O) groups is 1. The van der Waals surface area contributed by atoms with Crippen molar-refractivity contribution in [2.45, 2.75) is 25.6 Å². The van der Waals surface area contributed by atoms with Crippen LogP contribution < -0.4 is 4.74 Å². The third-order valence-corrected chi connectivity index (χ3v) is 7.19. The fourth-order valence-corrected chi connectivity index (χ4v) is 5.39. The van der Waals surface area contributed by atoms with Crippen molar-refractivity contribution in [3.05, 3.63) is 90.0 Å². The third kappa shape index (κ3) is 4.95. The van der Waals surface area contributed by atoms with Crippen LogP contribution in [-0.4, -0.2) is 35.6 Å². The maximum atomic E-state index is 12.2. The molecule has 31 heavy (non-hydrogen) atoms. The van der Waals surface area contributed by atoms with Crippen molar-refractivity contribution >= 4 is 16.0 Å². The molecule has 1 heterocycles. The zero-order chi connectivity index (χ0) is 21.8. The lowest BCUT2D eigenvalue weighted by atomic mass is 10.1. The van der Waals surface area contributed by atoms with Crippen LogP contribution in [0.3, 0.4) is 0 Å². The van der Waals surface area contributed by atoms with Gasteiger partial charge >= 0.3 is 5.97 Å². The molecule has 0 spiro atoms. The van der Waals surface area contributed by atoms with E-state index in [4.69, 9.17) is 4.74 Å². The summed E-state index contributed by atoms with van der Waals surface area (Å²) in [6, 6.07) is 24.3. The van der Waals surface area contributed by atoms with E-state index in [2.05, 4.69) is 12.1 Å². The monoisotopic (exact) mass is 437 g/mol. The molecule has 0 radical (unpaired) electrons. The molecule has 1 N–H and O–H groups in total. The number of hydrogen-bond acceptors (Lipinski definition) is 4. The van der Waals surface area contributed by atoms with E-state index >= 15 is 0 Å². The minimum absolute atomic E-state index is 0.0406. The van der Waals surface area contributed by atoms with Crippen molar-refractivity contribution in [2.75, 3.05) is 5.75 Å². The first-order chi connectivity index (χ1) is 14.9. The number of carboxylic acids is 1. The molecular weight excluding hydrogens is 414 g/mol. The van der Waals surface area contributed by atoms with E-state index in [0.717, 1.165) is 32.3 Å². The van der Waals surface area contributed by atoms with E-state index in [1.54, 1.807) is 6.07 Å². The van der Waals surface area contributed by atoms with E-state index in [0.29, 0.717) is 6.61 Å². The smallest absolute Gasteiger partial charge is 0.322 e. The Morgan fingerprint density at radius 3 is 2.32 bits per heavy atom. The summed E-state index contributed by atoms with van der Waals surface area (Å²) in [6.45, 7) is 0.368. The molecule has 6 nitrogen and oxygen atoms in total. The lowest BCUT2D eigenvalue weighted by molar-refractivity contribution is -0.141. The van der Waals surface area contributed by atoms with Gasteiger partial charge in [-0.15, -0.1) is 0 Å². The summed E-state index contributed by atoms with van der Waals surface area (Å²) in [5.41, 5.74) is 3.86. The van der Waals surface area contributed by atoms with Crippen LogP contribution in [0.1, 0.15) is 17.5 Å². The molecule has 7 heteroatoms. The Balaban J connectivity index is 1.41. The molecule has 160 valence electrons. The molecule has 0 bridgehead atoms. The molecule has 0 aromatic heterocycles. The minimum Gasteiger partial charge on any atom is -0.489 e. The fourth-order valence-electron chi connectivity index (χ4n) is 3.71. The molecule has 0 aliphatic carbocycles. The largest absolute Gasteiger partial charge is 0.489 e. The highest BCUT2D eigenvalue weighted by atomic mass is 32.2.